The van der Waals surface area contributed by atoms with Gasteiger partial charge in [-0.05, 0) is 18.9 Å². The summed E-state index contributed by atoms with van der Waals surface area (Å²) in [7, 11) is 0. The largest absolute Gasteiger partial charge is 0.0847 e. The molecule has 2 unspecified atom stereocenters. The number of rotatable bonds is 0. The summed E-state index contributed by atoms with van der Waals surface area (Å²) in [6.45, 7) is 4.29. The van der Waals surface area contributed by atoms with Crippen molar-refractivity contribution in [3.63, 3.8) is 0 Å². The second-order valence-corrected chi connectivity index (χ2v) is 4.17. The molecule has 1 rings (SSSR count). The van der Waals surface area contributed by atoms with Crippen LogP contribution < -0.4 is 0 Å². The molecule has 0 aromatic heterocycles. The number of hydrogen-bond acceptors (Lipinski definition) is 0. The molecule has 0 spiro atoms. The maximum Gasteiger partial charge on any atom is 0.0405 e. The molecule has 2 heteroatoms. The first-order chi connectivity index (χ1) is 4.61. The van der Waals surface area contributed by atoms with E-state index in [1.54, 1.807) is 0 Å². The molecule has 0 aromatic rings. The lowest BCUT2D eigenvalue weighted by Gasteiger charge is -2.20. The first-order valence-corrected chi connectivity index (χ1v) is 4.60. The van der Waals surface area contributed by atoms with Crippen molar-refractivity contribution in [3.05, 3.63) is 22.8 Å². The second kappa shape index (κ2) is 3.10. The van der Waals surface area contributed by atoms with Crippen molar-refractivity contribution in [1.29, 1.82) is 0 Å². The number of halogens is 2. The van der Waals surface area contributed by atoms with Crippen molar-refractivity contribution in [1.82, 2.24) is 0 Å². The Kier molecular flexibility index (Phi) is 2.59. The number of allylic oxidation sites excluding steroid dienone is 4. The highest BCUT2D eigenvalue weighted by atomic mass is 79.9. The normalized spacial score (nSPS) is 33.2. The average Bonchev–Trinajstić information content (AvgIpc) is 1.82. The van der Waals surface area contributed by atoms with Gasteiger partial charge in [0.25, 0.3) is 0 Å². The maximum atomic E-state index is 5.83. The van der Waals surface area contributed by atoms with Crippen molar-refractivity contribution in [2.24, 2.45) is 5.92 Å². The van der Waals surface area contributed by atoms with Crippen LogP contribution >= 0.6 is 27.5 Å². The molecule has 0 saturated heterocycles. The summed E-state index contributed by atoms with van der Waals surface area (Å²) in [6, 6.07) is 0. The molecule has 1 aliphatic rings. The quantitative estimate of drug-likeness (QED) is 0.550. The molecule has 0 fully saturated rings. The van der Waals surface area contributed by atoms with Gasteiger partial charge in [-0.25, -0.2) is 0 Å². The summed E-state index contributed by atoms with van der Waals surface area (Å²) in [5.74, 6) is 0.572. The summed E-state index contributed by atoms with van der Waals surface area (Å²) in [5.41, 5.74) is 1.34. The minimum absolute atomic E-state index is 0.407. The number of hydrogen-bond donors (Lipinski definition) is 0. The van der Waals surface area contributed by atoms with E-state index in [0.29, 0.717) is 10.7 Å². The van der Waals surface area contributed by atoms with Crippen LogP contribution in [0.1, 0.15) is 13.8 Å². The fourth-order valence-corrected chi connectivity index (χ4v) is 2.11. The van der Waals surface area contributed by atoms with E-state index in [2.05, 4.69) is 29.8 Å². The van der Waals surface area contributed by atoms with Crippen molar-refractivity contribution < 1.29 is 0 Å². The fraction of sp³-hybridized carbons (Fsp3) is 0.500. The van der Waals surface area contributed by atoms with Gasteiger partial charge in [0.15, 0.2) is 0 Å². The SMILES string of the molecule is CC1=CC(Cl)=CC(Br)C1C. The van der Waals surface area contributed by atoms with Crippen LogP contribution in [0.5, 0.6) is 0 Å². The smallest absolute Gasteiger partial charge is 0.0405 e. The van der Waals surface area contributed by atoms with Crippen LogP contribution in [0, 0.1) is 5.92 Å². The highest BCUT2D eigenvalue weighted by Gasteiger charge is 2.17. The van der Waals surface area contributed by atoms with Gasteiger partial charge < -0.3 is 0 Å². The van der Waals surface area contributed by atoms with E-state index < -0.39 is 0 Å². The van der Waals surface area contributed by atoms with E-state index in [4.69, 9.17) is 11.6 Å². The Morgan fingerprint density at radius 2 is 2.20 bits per heavy atom. The minimum Gasteiger partial charge on any atom is -0.0847 e. The Labute approximate surface area is 75.1 Å². The van der Waals surface area contributed by atoms with Gasteiger partial charge in [0, 0.05) is 9.86 Å². The topological polar surface area (TPSA) is 0 Å². The monoisotopic (exact) mass is 220 g/mol. The molecule has 0 nitrogen and oxygen atoms in total. The van der Waals surface area contributed by atoms with Crippen molar-refractivity contribution in [3.8, 4) is 0 Å². The highest BCUT2D eigenvalue weighted by molar-refractivity contribution is 9.09. The lowest BCUT2D eigenvalue weighted by atomic mass is 9.95. The molecular weight excluding hydrogens is 211 g/mol. The summed E-state index contributed by atoms with van der Waals surface area (Å²) in [5, 5.41) is 0.845. The maximum absolute atomic E-state index is 5.83. The Morgan fingerprint density at radius 3 is 2.70 bits per heavy atom. The predicted molar refractivity (Wildman–Crippen MR) is 49.6 cm³/mol. The van der Waals surface area contributed by atoms with E-state index in [1.165, 1.54) is 5.57 Å². The van der Waals surface area contributed by atoms with E-state index in [1.807, 2.05) is 12.2 Å². The third-order valence-corrected chi connectivity index (χ3v) is 3.17. The molecule has 0 radical (unpaired) electrons. The Morgan fingerprint density at radius 1 is 1.60 bits per heavy atom. The van der Waals surface area contributed by atoms with Crippen LogP contribution in [0.3, 0.4) is 0 Å². The second-order valence-electron chi connectivity index (χ2n) is 2.67. The molecule has 0 N–H and O–H groups in total. The van der Waals surface area contributed by atoms with Gasteiger partial charge in [0.05, 0.1) is 0 Å². The molecule has 1 aliphatic carbocycles. The Hall–Kier alpha value is 0.250. The zero-order chi connectivity index (χ0) is 7.72. The van der Waals surface area contributed by atoms with Gasteiger partial charge in [-0.1, -0.05) is 46.1 Å². The van der Waals surface area contributed by atoms with Crippen molar-refractivity contribution in [2.45, 2.75) is 18.7 Å². The first kappa shape index (κ1) is 8.35. The molecule has 0 aliphatic heterocycles. The molecule has 0 bridgehead atoms. The van der Waals surface area contributed by atoms with Gasteiger partial charge in [0.2, 0.25) is 0 Å². The van der Waals surface area contributed by atoms with Crippen LogP contribution in [0.15, 0.2) is 22.8 Å². The molecule has 0 saturated carbocycles. The predicted octanol–water partition coefficient (Wildman–Crippen LogP) is 3.47. The molecule has 56 valence electrons. The van der Waals surface area contributed by atoms with Crippen LogP contribution in [0.2, 0.25) is 0 Å². The van der Waals surface area contributed by atoms with Crippen LogP contribution in [0.4, 0.5) is 0 Å². The molecule has 0 aromatic carbocycles. The van der Waals surface area contributed by atoms with Crippen LogP contribution in [0.25, 0.3) is 0 Å². The van der Waals surface area contributed by atoms with E-state index in [0.717, 1.165) is 5.03 Å². The third kappa shape index (κ3) is 1.64. The molecular formula is C8H10BrCl. The summed E-state index contributed by atoms with van der Waals surface area (Å²) >= 11 is 9.36. The van der Waals surface area contributed by atoms with Gasteiger partial charge in [-0.15, -0.1) is 0 Å². The summed E-state index contributed by atoms with van der Waals surface area (Å²) in [6.07, 6.45) is 4.04. The Bertz CT molecular complexity index is 193. The molecule has 10 heavy (non-hydrogen) atoms. The average molecular weight is 222 g/mol. The zero-order valence-corrected chi connectivity index (χ0v) is 8.41. The van der Waals surface area contributed by atoms with Crippen molar-refractivity contribution in [2.75, 3.05) is 0 Å². The Balaban J connectivity index is 2.85. The number of alkyl halides is 1. The molecule has 2 atom stereocenters. The summed E-state index contributed by atoms with van der Waals surface area (Å²) < 4.78 is 0. The molecule has 0 amide bonds. The first-order valence-electron chi connectivity index (χ1n) is 3.31. The lowest BCUT2D eigenvalue weighted by molar-refractivity contribution is 0.708. The van der Waals surface area contributed by atoms with Crippen molar-refractivity contribution >= 4 is 27.5 Å². The van der Waals surface area contributed by atoms with Gasteiger partial charge in [0.1, 0.15) is 0 Å². The van der Waals surface area contributed by atoms with E-state index in [-0.39, 0.29) is 0 Å². The summed E-state index contributed by atoms with van der Waals surface area (Å²) in [4.78, 5) is 0.407. The minimum atomic E-state index is 0.407. The fourth-order valence-electron chi connectivity index (χ4n) is 0.945. The van der Waals surface area contributed by atoms with Gasteiger partial charge >= 0.3 is 0 Å². The van der Waals surface area contributed by atoms with Gasteiger partial charge in [-0.2, -0.15) is 0 Å². The van der Waals surface area contributed by atoms with E-state index in [9.17, 15) is 0 Å². The zero-order valence-electron chi connectivity index (χ0n) is 6.07. The van der Waals surface area contributed by atoms with E-state index >= 15 is 0 Å². The van der Waals surface area contributed by atoms with Crippen LogP contribution in [-0.4, -0.2) is 4.83 Å². The standard InChI is InChI=1S/C8H10BrCl/c1-5-3-7(10)4-8(9)6(5)2/h3-4,6,8H,1-2H3. The molecule has 0 heterocycles. The highest BCUT2D eigenvalue weighted by Crippen LogP contribution is 2.29. The third-order valence-electron chi connectivity index (χ3n) is 1.88. The van der Waals surface area contributed by atoms with Crippen LogP contribution in [-0.2, 0) is 0 Å². The van der Waals surface area contributed by atoms with Gasteiger partial charge in [-0.3, -0.25) is 0 Å². The lowest BCUT2D eigenvalue weighted by Crippen LogP contribution is -2.12.